The van der Waals surface area contributed by atoms with Crippen LogP contribution in [0, 0.1) is 13.8 Å². The molecule has 7 heteroatoms. The second-order valence-corrected chi connectivity index (χ2v) is 8.36. The Balaban J connectivity index is 2.43. The van der Waals surface area contributed by atoms with E-state index in [2.05, 4.69) is 5.32 Å². The van der Waals surface area contributed by atoms with Crippen molar-refractivity contribution >= 4 is 21.6 Å². The summed E-state index contributed by atoms with van der Waals surface area (Å²) in [5.41, 5.74) is 2.88. The van der Waals surface area contributed by atoms with E-state index in [0.29, 0.717) is 30.9 Å². The van der Waals surface area contributed by atoms with Crippen LogP contribution in [0.4, 0.5) is 5.69 Å². The normalized spacial score (nSPS) is 11.5. The first kappa shape index (κ1) is 21.9. The second kappa shape index (κ2) is 9.21. The molecule has 0 spiro atoms. The number of benzene rings is 2. The molecule has 0 saturated carbocycles. The van der Waals surface area contributed by atoms with Gasteiger partial charge in [0, 0.05) is 24.3 Å². The molecule has 0 aliphatic heterocycles. The monoisotopic (exact) mass is 404 g/mol. The van der Waals surface area contributed by atoms with Gasteiger partial charge in [0.1, 0.15) is 10.6 Å². The highest BCUT2D eigenvalue weighted by molar-refractivity contribution is 7.89. The van der Waals surface area contributed by atoms with Crippen molar-refractivity contribution < 1.29 is 17.9 Å². The standard InChI is InChI=1S/C21H28N2O4S/c1-6-23(7-2)28(25,26)20-14-17(10-12-19(20)27-8-3)22-21(24)18-11-9-15(4)13-16(18)5/h9-14H,6-8H2,1-5H3,(H,22,24). The third-order valence-corrected chi connectivity index (χ3v) is 6.52. The van der Waals surface area contributed by atoms with Gasteiger partial charge in [-0.2, -0.15) is 4.31 Å². The number of hydrogen-bond acceptors (Lipinski definition) is 4. The lowest BCUT2D eigenvalue weighted by molar-refractivity contribution is 0.102. The topological polar surface area (TPSA) is 75.7 Å². The summed E-state index contributed by atoms with van der Waals surface area (Å²) in [5.74, 6) is -0.00763. The third kappa shape index (κ3) is 4.72. The molecule has 28 heavy (non-hydrogen) atoms. The number of anilines is 1. The molecule has 2 aromatic carbocycles. The Hall–Kier alpha value is -2.38. The Kier molecular flexibility index (Phi) is 7.21. The van der Waals surface area contributed by atoms with Crippen molar-refractivity contribution in [2.45, 2.75) is 39.5 Å². The minimum atomic E-state index is -3.73. The van der Waals surface area contributed by atoms with Gasteiger partial charge in [-0.3, -0.25) is 4.79 Å². The fourth-order valence-electron chi connectivity index (χ4n) is 3.03. The van der Waals surface area contributed by atoms with Gasteiger partial charge >= 0.3 is 0 Å². The van der Waals surface area contributed by atoms with Gasteiger partial charge in [-0.1, -0.05) is 31.5 Å². The molecule has 0 radical (unpaired) electrons. The zero-order valence-electron chi connectivity index (χ0n) is 17.1. The van der Waals surface area contributed by atoms with Crippen LogP contribution in [0.2, 0.25) is 0 Å². The highest BCUT2D eigenvalue weighted by atomic mass is 32.2. The molecule has 2 aromatic rings. The van der Waals surface area contributed by atoms with E-state index >= 15 is 0 Å². The molecule has 1 N–H and O–H groups in total. The Morgan fingerprint density at radius 3 is 2.29 bits per heavy atom. The van der Waals surface area contributed by atoms with Crippen LogP contribution < -0.4 is 10.1 Å². The van der Waals surface area contributed by atoms with E-state index in [9.17, 15) is 13.2 Å². The first-order valence-electron chi connectivity index (χ1n) is 9.40. The van der Waals surface area contributed by atoms with Crippen LogP contribution in [0.1, 0.15) is 42.3 Å². The number of nitrogens with one attached hydrogen (secondary N) is 1. The van der Waals surface area contributed by atoms with E-state index in [1.54, 1.807) is 39.0 Å². The molecule has 0 fully saturated rings. The van der Waals surface area contributed by atoms with Crippen molar-refractivity contribution in [1.29, 1.82) is 0 Å². The van der Waals surface area contributed by atoms with E-state index < -0.39 is 10.0 Å². The summed E-state index contributed by atoms with van der Waals surface area (Å²) in [6, 6.07) is 10.3. The first-order chi connectivity index (χ1) is 13.2. The van der Waals surface area contributed by atoms with Gasteiger partial charge in [-0.05, 0) is 50.6 Å². The summed E-state index contributed by atoms with van der Waals surface area (Å²) < 4.78 is 32.9. The van der Waals surface area contributed by atoms with Crippen LogP contribution in [0.3, 0.4) is 0 Å². The summed E-state index contributed by atoms with van der Waals surface area (Å²) in [5, 5.41) is 2.80. The van der Waals surface area contributed by atoms with Crippen LogP contribution in [-0.4, -0.2) is 38.3 Å². The lowest BCUT2D eigenvalue weighted by Crippen LogP contribution is -2.31. The fourth-order valence-corrected chi connectivity index (χ4v) is 4.65. The Morgan fingerprint density at radius 1 is 1.04 bits per heavy atom. The number of carbonyl (C=O) groups excluding carboxylic acids is 1. The minimum absolute atomic E-state index is 0.0523. The van der Waals surface area contributed by atoms with Crippen molar-refractivity contribution in [3.63, 3.8) is 0 Å². The van der Waals surface area contributed by atoms with Crippen molar-refractivity contribution in [3.8, 4) is 5.75 Å². The van der Waals surface area contributed by atoms with Crippen LogP contribution in [0.5, 0.6) is 5.75 Å². The van der Waals surface area contributed by atoms with Gasteiger partial charge in [0.2, 0.25) is 10.0 Å². The van der Waals surface area contributed by atoms with E-state index in [1.165, 1.54) is 10.4 Å². The maximum Gasteiger partial charge on any atom is 0.255 e. The molecule has 6 nitrogen and oxygen atoms in total. The molecular formula is C21H28N2O4S. The lowest BCUT2D eigenvalue weighted by atomic mass is 10.1. The number of ether oxygens (including phenoxy) is 1. The van der Waals surface area contributed by atoms with Gasteiger partial charge in [0.05, 0.1) is 6.61 Å². The highest BCUT2D eigenvalue weighted by Gasteiger charge is 2.26. The largest absolute Gasteiger partial charge is 0.492 e. The SMILES string of the molecule is CCOc1ccc(NC(=O)c2ccc(C)cc2C)cc1S(=O)(=O)N(CC)CC. The Morgan fingerprint density at radius 2 is 1.71 bits per heavy atom. The summed E-state index contributed by atoms with van der Waals surface area (Å²) in [6.07, 6.45) is 0. The smallest absolute Gasteiger partial charge is 0.255 e. The number of rotatable bonds is 8. The first-order valence-corrected chi connectivity index (χ1v) is 10.8. The lowest BCUT2D eigenvalue weighted by Gasteiger charge is -2.21. The summed E-state index contributed by atoms with van der Waals surface area (Å²) in [4.78, 5) is 12.7. The van der Waals surface area contributed by atoms with Crippen LogP contribution in [0.15, 0.2) is 41.3 Å². The molecule has 0 saturated heterocycles. The molecule has 0 heterocycles. The minimum Gasteiger partial charge on any atom is -0.492 e. The predicted molar refractivity (Wildman–Crippen MR) is 112 cm³/mol. The molecule has 0 aromatic heterocycles. The molecule has 0 aliphatic carbocycles. The van der Waals surface area contributed by atoms with Crippen LogP contribution in [-0.2, 0) is 10.0 Å². The maximum absolute atomic E-state index is 13.0. The number of aryl methyl sites for hydroxylation is 2. The van der Waals surface area contributed by atoms with Gasteiger partial charge < -0.3 is 10.1 Å². The maximum atomic E-state index is 13.0. The zero-order valence-corrected chi connectivity index (χ0v) is 17.9. The molecule has 1 amide bonds. The molecule has 0 aliphatic rings. The molecule has 2 rings (SSSR count). The third-order valence-electron chi connectivity index (χ3n) is 4.45. The van der Waals surface area contributed by atoms with Crippen molar-refractivity contribution in [1.82, 2.24) is 4.31 Å². The Labute approximate surface area is 167 Å². The van der Waals surface area contributed by atoms with Crippen molar-refractivity contribution in [3.05, 3.63) is 53.1 Å². The molecule has 152 valence electrons. The summed E-state index contributed by atoms with van der Waals surface area (Å²) in [7, 11) is -3.73. The molecule has 0 atom stereocenters. The second-order valence-electron chi connectivity index (χ2n) is 6.46. The summed E-state index contributed by atoms with van der Waals surface area (Å²) in [6.45, 7) is 10.2. The van der Waals surface area contributed by atoms with E-state index in [0.717, 1.165) is 11.1 Å². The van der Waals surface area contributed by atoms with Crippen LogP contribution >= 0.6 is 0 Å². The predicted octanol–water partition coefficient (Wildman–Crippen LogP) is 3.98. The van der Waals surface area contributed by atoms with Crippen molar-refractivity contribution in [2.24, 2.45) is 0 Å². The number of hydrogen-bond donors (Lipinski definition) is 1. The van der Waals surface area contributed by atoms with Gasteiger partial charge in [0.15, 0.2) is 0 Å². The molecule has 0 bridgehead atoms. The molecule has 0 unspecified atom stereocenters. The average Bonchev–Trinajstić information content (AvgIpc) is 2.63. The van der Waals surface area contributed by atoms with Crippen molar-refractivity contribution in [2.75, 3.05) is 25.0 Å². The quantitative estimate of drug-likeness (QED) is 0.722. The van der Waals surface area contributed by atoms with E-state index in [-0.39, 0.29) is 16.6 Å². The zero-order chi connectivity index (χ0) is 20.9. The number of sulfonamides is 1. The van der Waals surface area contributed by atoms with E-state index in [4.69, 9.17) is 4.74 Å². The average molecular weight is 405 g/mol. The van der Waals surface area contributed by atoms with Gasteiger partial charge in [-0.25, -0.2) is 8.42 Å². The van der Waals surface area contributed by atoms with E-state index in [1.807, 2.05) is 26.0 Å². The van der Waals surface area contributed by atoms with Gasteiger partial charge in [0.25, 0.3) is 5.91 Å². The number of carbonyl (C=O) groups is 1. The summed E-state index contributed by atoms with van der Waals surface area (Å²) >= 11 is 0. The number of amides is 1. The highest BCUT2D eigenvalue weighted by Crippen LogP contribution is 2.30. The molecular weight excluding hydrogens is 376 g/mol. The van der Waals surface area contributed by atoms with Crippen LogP contribution in [0.25, 0.3) is 0 Å². The van der Waals surface area contributed by atoms with Gasteiger partial charge in [-0.15, -0.1) is 0 Å². The fraction of sp³-hybridized carbons (Fsp3) is 0.381. The Bertz CT molecular complexity index is 951. The number of nitrogens with zero attached hydrogens (tertiary/aromatic N) is 1.